The highest BCUT2D eigenvalue weighted by Crippen LogP contribution is 2.20. The van der Waals surface area contributed by atoms with Gasteiger partial charge in [-0.25, -0.2) is 0 Å². The Morgan fingerprint density at radius 1 is 1.08 bits per heavy atom. The summed E-state index contributed by atoms with van der Waals surface area (Å²) in [7, 11) is 0. The van der Waals surface area contributed by atoms with Crippen LogP contribution < -0.4 is 20.9 Å². The number of benzene rings is 2. The quantitative estimate of drug-likeness (QED) is 0.551. The summed E-state index contributed by atoms with van der Waals surface area (Å²) < 4.78 is 5.36. The molecule has 3 N–H and O–H groups in total. The van der Waals surface area contributed by atoms with E-state index in [9.17, 15) is 9.59 Å². The normalized spacial score (nSPS) is 9.96. The molecule has 2 amide bonds. The van der Waals surface area contributed by atoms with E-state index in [0.717, 1.165) is 11.1 Å². The van der Waals surface area contributed by atoms with E-state index in [1.54, 1.807) is 30.3 Å². The highest BCUT2D eigenvalue weighted by Gasteiger charge is 2.10. The third kappa shape index (κ3) is 5.72. The lowest BCUT2D eigenvalue weighted by molar-refractivity contribution is -0.123. The van der Waals surface area contributed by atoms with Crippen molar-refractivity contribution in [2.45, 2.75) is 13.8 Å². The van der Waals surface area contributed by atoms with Gasteiger partial charge in [0.25, 0.3) is 11.8 Å². The van der Waals surface area contributed by atoms with E-state index in [2.05, 4.69) is 16.2 Å². The SMILES string of the molecule is Cc1cc(OCC(=O)NNC(=S)NC(=O)c2ccccc2C)ccc1Cl. The number of rotatable bonds is 4. The maximum atomic E-state index is 12.1. The Morgan fingerprint density at radius 2 is 1.81 bits per heavy atom. The van der Waals surface area contributed by atoms with Crippen LogP contribution in [0, 0.1) is 13.8 Å². The molecule has 0 spiro atoms. The number of ether oxygens (including phenoxy) is 1. The lowest BCUT2D eigenvalue weighted by atomic mass is 10.1. The van der Waals surface area contributed by atoms with E-state index in [0.29, 0.717) is 16.3 Å². The summed E-state index contributed by atoms with van der Waals surface area (Å²) in [4.78, 5) is 23.9. The van der Waals surface area contributed by atoms with Crippen molar-refractivity contribution in [3.05, 3.63) is 64.2 Å². The summed E-state index contributed by atoms with van der Waals surface area (Å²) in [5.41, 5.74) is 6.99. The molecule has 2 aromatic rings. The molecule has 0 unspecified atom stereocenters. The van der Waals surface area contributed by atoms with Gasteiger partial charge in [-0.15, -0.1) is 0 Å². The minimum Gasteiger partial charge on any atom is -0.484 e. The average molecular weight is 392 g/mol. The van der Waals surface area contributed by atoms with Crippen molar-refractivity contribution in [2.24, 2.45) is 0 Å². The summed E-state index contributed by atoms with van der Waals surface area (Å²) >= 11 is 10.9. The Bertz CT molecular complexity index is 842. The van der Waals surface area contributed by atoms with Gasteiger partial charge >= 0.3 is 0 Å². The fraction of sp³-hybridized carbons (Fsp3) is 0.167. The van der Waals surface area contributed by atoms with Crippen molar-refractivity contribution in [3.63, 3.8) is 0 Å². The number of hydrazine groups is 1. The Kier molecular flexibility index (Phi) is 6.94. The molecule has 136 valence electrons. The molecule has 0 radical (unpaired) electrons. The van der Waals surface area contributed by atoms with Crippen molar-refractivity contribution in [1.29, 1.82) is 0 Å². The molecule has 0 bridgehead atoms. The molecule has 0 aliphatic heterocycles. The van der Waals surface area contributed by atoms with E-state index in [1.165, 1.54) is 0 Å². The van der Waals surface area contributed by atoms with Gasteiger partial charge in [-0.05, 0) is 61.5 Å². The summed E-state index contributed by atoms with van der Waals surface area (Å²) in [5, 5.41) is 3.09. The molecule has 0 fully saturated rings. The fourth-order valence-electron chi connectivity index (χ4n) is 2.05. The number of hydrogen-bond acceptors (Lipinski definition) is 4. The summed E-state index contributed by atoms with van der Waals surface area (Å²) in [6.07, 6.45) is 0. The van der Waals surface area contributed by atoms with Gasteiger partial charge in [-0.2, -0.15) is 0 Å². The molecule has 0 heterocycles. The van der Waals surface area contributed by atoms with E-state index in [4.69, 9.17) is 28.6 Å². The third-order valence-corrected chi connectivity index (χ3v) is 4.06. The van der Waals surface area contributed by atoms with E-state index in [1.807, 2.05) is 26.0 Å². The number of hydrogen-bond donors (Lipinski definition) is 3. The Balaban J connectivity index is 1.76. The highest BCUT2D eigenvalue weighted by atomic mass is 35.5. The van der Waals surface area contributed by atoms with Crippen LogP contribution in [0.2, 0.25) is 5.02 Å². The molecule has 8 heteroatoms. The zero-order chi connectivity index (χ0) is 19.1. The largest absolute Gasteiger partial charge is 0.484 e. The molecule has 0 saturated carbocycles. The zero-order valence-corrected chi connectivity index (χ0v) is 15.8. The van der Waals surface area contributed by atoms with Crippen LogP contribution in [0.1, 0.15) is 21.5 Å². The monoisotopic (exact) mass is 391 g/mol. The second-order valence-corrected chi connectivity index (χ2v) is 6.29. The number of amides is 2. The molecule has 0 saturated heterocycles. The van der Waals surface area contributed by atoms with E-state index >= 15 is 0 Å². The standard InChI is InChI=1S/C18H18ClN3O3S/c1-11-5-3-4-6-14(11)17(24)20-18(26)22-21-16(23)10-25-13-7-8-15(19)12(2)9-13/h3-9H,10H2,1-2H3,(H,21,23)(H2,20,22,24,26). The minimum atomic E-state index is -0.454. The third-order valence-electron chi connectivity index (χ3n) is 3.43. The second kappa shape index (κ2) is 9.17. The van der Waals surface area contributed by atoms with Gasteiger partial charge in [0.15, 0.2) is 11.7 Å². The summed E-state index contributed by atoms with van der Waals surface area (Å²) in [6, 6.07) is 12.2. The topological polar surface area (TPSA) is 79.5 Å². The van der Waals surface area contributed by atoms with Gasteiger partial charge in [0.1, 0.15) is 5.75 Å². The number of carbonyl (C=O) groups is 2. The van der Waals surface area contributed by atoms with Gasteiger partial charge in [-0.3, -0.25) is 25.8 Å². The van der Waals surface area contributed by atoms with Gasteiger partial charge in [-0.1, -0.05) is 29.8 Å². The molecule has 0 aliphatic carbocycles. The molecule has 2 aromatic carbocycles. The number of carbonyl (C=O) groups excluding carboxylic acids is 2. The molecular formula is C18H18ClN3O3S. The number of aryl methyl sites for hydroxylation is 2. The number of thiocarbonyl (C=S) groups is 1. The molecule has 0 aromatic heterocycles. The summed E-state index contributed by atoms with van der Waals surface area (Å²) in [5.74, 6) is -0.287. The van der Waals surface area contributed by atoms with E-state index in [-0.39, 0.29) is 17.6 Å². The van der Waals surface area contributed by atoms with Crippen molar-refractivity contribution in [2.75, 3.05) is 6.61 Å². The molecule has 6 nitrogen and oxygen atoms in total. The fourth-order valence-corrected chi connectivity index (χ4v) is 2.31. The number of halogens is 1. The van der Waals surface area contributed by atoms with Crippen molar-refractivity contribution in [3.8, 4) is 5.75 Å². The second-order valence-electron chi connectivity index (χ2n) is 5.47. The van der Waals surface area contributed by atoms with Crippen LogP contribution in [0.5, 0.6) is 5.75 Å². The van der Waals surface area contributed by atoms with Gasteiger partial charge in [0.05, 0.1) is 0 Å². The Morgan fingerprint density at radius 3 is 2.50 bits per heavy atom. The molecule has 26 heavy (non-hydrogen) atoms. The zero-order valence-electron chi connectivity index (χ0n) is 14.3. The van der Waals surface area contributed by atoms with Crippen molar-refractivity contribution in [1.82, 2.24) is 16.2 Å². The first-order valence-corrected chi connectivity index (χ1v) is 8.50. The molecule has 0 atom stereocenters. The molecular weight excluding hydrogens is 374 g/mol. The Hall–Kier alpha value is -2.64. The average Bonchev–Trinajstić information content (AvgIpc) is 2.61. The minimum absolute atomic E-state index is 0.0195. The lowest BCUT2D eigenvalue weighted by Crippen LogP contribution is -2.49. The Labute approximate surface area is 161 Å². The predicted octanol–water partition coefficient (Wildman–Crippen LogP) is 2.67. The first-order valence-electron chi connectivity index (χ1n) is 7.71. The van der Waals surface area contributed by atoms with Crippen LogP contribution in [-0.4, -0.2) is 23.5 Å². The van der Waals surface area contributed by atoms with Gasteiger partial charge in [0.2, 0.25) is 0 Å². The van der Waals surface area contributed by atoms with Crippen LogP contribution >= 0.6 is 23.8 Å². The van der Waals surface area contributed by atoms with Crippen molar-refractivity contribution < 1.29 is 14.3 Å². The van der Waals surface area contributed by atoms with Crippen LogP contribution in [-0.2, 0) is 4.79 Å². The van der Waals surface area contributed by atoms with Crippen LogP contribution in [0.3, 0.4) is 0 Å². The van der Waals surface area contributed by atoms with Gasteiger partial charge < -0.3 is 4.74 Å². The maximum absolute atomic E-state index is 12.1. The summed E-state index contributed by atoms with van der Waals surface area (Å²) in [6.45, 7) is 3.44. The molecule has 0 aliphatic rings. The first kappa shape index (κ1) is 19.7. The smallest absolute Gasteiger partial charge is 0.276 e. The number of nitrogens with one attached hydrogen (secondary N) is 3. The highest BCUT2D eigenvalue weighted by molar-refractivity contribution is 7.80. The first-order chi connectivity index (χ1) is 12.4. The van der Waals surface area contributed by atoms with E-state index < -0.39 is 5.91 Å². The van der Waals surface area contributed by atoms with Crippen LogP contribution in [0.4, 0.5) is 0 Å². The predicted molar refractivity (Wildman–Crippen MR) is 104 cm³/mol. The van der Waals surface area contributed by atoms with Crippen LogP contribution in [0.25, 0.3) is 0 Å². The maximum Gasteiger partial charge on any atom is 0.276 e. The van der Waals surface area contributed by atoms with Gasteiger partial charge in [0, 0.05) is 10.6 Å². The van der Waals surface area contributed by atoms with Crippen LogP contribution in [0.15, 0.2) is 42.5 Å². The molecule has 2 rings (SSSR count). The lowest BCUT2D eigenvalue weighted by Gasteiger charge is -2.12. The van der Waals surface area contributed by atoms with Crippen molar-refractivity contribution >= 4 is 40.7 Å².